The second-order valence-corrected chi connectivity index (χ2v) is 5.04. The number of esters is 1. The summed E-state index contributed by atoms with van der Waals surface area (Å²) in [6.45, 7) is 8.08. The molecule has 0 bridgehead atoms. The van der Waals surface area contributed by atoms with Crippen molar-refractivity contribution in [2.24, 2.45) is 0 Å². The topological polar surface area (TPSA) is 29.5 Å². The van der Waals surface area contributed by atoms with Gasteiger partial charge in [-0.25, -0.2) is 0 Å². The molecule has 0 aliphatic rings. The highest BCUT2D eigenvalue weighted by Gasteiger charge is 2.05. The molecule has 0 saturated heterocycles. The van der Waals surface area contributed by atoms with Crippen LogP contribution in [0, 0.1) is 0 Å². The number of unbranched alkanes of at least 4 members (excludes halogenated alkanes) is 1. The highest BCUT2D eigenvalue weighted by atomic mass is 16.5. The molecule has 0 unspecified atom stereocenters. The number of rotatable bonds is 10. The molecule has 0 fully saturated rings. The molecule has 3 heteroatoms. The van der Waals surface area contributed by atoms with E-state index in [0.29, 0.717) is 13.0 Å². The summed E-state index contributed by atoms with van der Waals surface area (Å²) in [4.78, 5) is 14.0. The molecule has 0 heterocycles. The molecule has 112 valence electrons. The first-order valence-electron chi connectivity index (χ1n) is 7.68. The van der Waals surface area contributed by atoms with Crippen molar-refractivity contribution < 1.29 is 9.53 Å². The second-order valence-electron chi connectivity index (χ2n) is 5.04. The third kappa shape index (κ3) is 7.29. The van der Waals surface area contributed by atoms with E-state index in [-0.39, 0.29) is 5.97 Å². The van der Waals surface area contributed by atoms with Crippen LogP contribution in [-0.4, -0.2) is 30.5 Å². The molecular weight excluding hydrogens is 250 g/mol. The molecule has 3 nitrogen and oxygen atoms in total. The Morgan fingerprint density at radius 1 is 1.10 bits per heavy atom. The average Bonchev–Trinajstić information content (AvgIpc) is 2.49. The summed E-state index contributed by atoms with van der Waals surface area (Å²) in [6.07, 6.45) is 3.69. The molecule has 1 aromatic carbocycles. The molecule has 0 atom stereocenters. The van der Waals surface area contributed by atoms with E-state index in [9.17, 15) is 4.79 Å². The van der Waals surface area contributed by atoms with Crippen molar-refractivity contribution in [3.05, 3.63) is 35.9 Å². The standard InChI is InChI=1S/C17H27NO2/c1-3-13-18(4-2)14-9-8-12-17(19)20-15-16-10-6-5-7-11-16/h5-7,10-11H,3-4,8-9,12-15H2,1-2H3. The van der Waals surface area contributed by atoms with E-state index in [1.54, 1.807) is 0 Å². The smallest absolute Gasteiger partial charge is 0.306 e. The van der Waals surface area contributed by atoms with Crippen molar-refractivity contribution in [2.75, 3.05) is 19.6 Å². The first-order chi connectivity index (χ1) is 9.76. The highest BCUT2D eigenvalue weighted by molar-refractivity contribution is 5.69. The Morgan fingerprint density at radius 2 is 1.85 bits per heavy atom. The van der Waals surface area contributed by atoms with Crippen LogP contribution in [0.5, 0.6) is 0 Å². The maximum absolute atomic E-state index is 11.6. The van der Waals surface area contributed by atoms with Gasteiger partial charge < -0.3 is 9.64 Å². The van der Waals surface area contributed by atoms with Gasteiger partial charge in [0, 0.05) is 6.42 Å². The van der Waals surface area contributed by atoms with Gasteiger partial charge in [-0.1, -0.05) is 44.2 Å². The van der Waals surface area contributed by atoms with Gasteiger partial charge in [-0.15, -0.1) is 0 Å². The third-order valence-electron chi connectivity index (χ3n) is 3.33. The lowest BCUT2D eigenvalue weighted by molar-refractivity contribution is -0.145. The molecule has 1 aromatic rings. The Morgan fingerprint density at radius 3 is 2.50 bits per heavy atom. The van der Waals surface area contributed by atoms with Crippen molar-refractivity contribution in [3.8, 4) is 0 Å². The first kappa shape index (κ1) is 16.7. The summed E-state index contributed by atoms with van der Waals surface area (Å²) in [6, 6.07) is 9.81. The van der Waals surface area contributed by atoms with E-state index in [1.165, 1.54) is 6.42 Å². The third-order valence-corrected chi connectivity index (χ3v) is 3.33. The summed E-state index contributed by atoms with van der Waals surface area (Å²) < 4.78 is 5.26. The molecule has 0 aliphatic heterocycles. The lowest BCUT2D eigenvalue weighted by Gasteiger charge is -2.18. The van der Waals surface area contributed by atoms with Crippen LogP contribution in [0.3, 0.4) is 0 Å². The number of hydrogen-bond acceptors (Lipinski definition) is 3. The lowest BCUT2D eigenvalue weighted by Crippen LogP contribution is -2.25. The van der Waals surface area contributed by atoms with E-state index < -0.39 is 0 Å². The zero-order valence-electron chi connectivity index (χ0n) is 12.8. The average molecular weight is 277 g/mol. The monoisotopic (exact) mass is 277 g/mol. The van der Waals surface area contributed by atoms with Gasteiger partial charge in [0.1, 0.15) is 6.61 Å². The van der Waals surface area contributed by atoms with Gasteiger partial charge in [0.25, 0.3) is 0 Å². The molecule has 20 heavy (non-hydrogen) atoms. The summed E-state index contributed by atoms with van der Waals surface area (Å²) in [5.41, 5.74) is 1.04. The minimum Gasteiger partial charge on any atom is -0.461 e. The fourth-order valence-corrected chi connectivity index (χ4v) is 2.16. The molecular formula is C17H27NO2. The Bertz CT molecular complexity index is 365. The zero-order valence-corrected chi connectivity index (χ0v) is 12.8. The van der Waals surface area contributed by atoms with E-state index in [2.05, 4.69) is 18.7 Å². The van der Waals surface area contributed by atoms with Crippen LogP contribution < -0.4 is 0 Å². The van der Waals surface area contributed by atoms with Crippen LogP contribution in [-0.2, 0) is 16.1 Å². The van der Waals surface area contributed by atoms with Crippen molar-refractivity contribution in [2.45, 2.75) is 46.1 Å². The quantitative estimate of drug-likeness (QED) is 0.483. The predicted octanol–water partition coefficient (Wildman–Crippen LogP) is 3.63. The number of ether oxygens (including phenoxy) is 1. The van der Waals surface area contributed by atoms with Crippen molar-refractivity contribution in [3.63, 3.8) is 0 Å². The van der Waals surface area contributed by atoms with Gasteiger partial charge in [0.05, 0.1) is 0 Å². The largest absolute Gasteiger partial charge is 0.461 e. The molecule has 0 amide bonds. The van der Waals surface area contributed by atoms with Gasteiger partial charge in [0.15, 0.2) is 0 Å². The minimum absolute atomic E-state index is 0.0904. The summed E-state index contributed by atoms with van der Waals surface area (Å²) in [5, 5.41) is 0. The van der Waals surface area contributed by atoms with Crippen LogP contribution in [0.2, 0.25) is 0 Å². The van der Waals surface area contributed by atoms with E-state index in [4.69, 9.17) is 4.74 Å². The Labute approximate surface area is 122 Å². The fraction of sp³-hybridized carbons (Fsp3) is 0.588. The van der Waals surface area contributed by atoms with E-state index >= 15 is 0 Å². The first-order valence-corrected chi connectivity index (χ1v) is 7.68. The Kier molecular flexibility index (Phi) is 8.72. The predicted molar refractivity (Wildman–Crippen MR) is 82.5 cm³/mol. The number of hydrogen-bond donors (Lipinski definition) is 0. The number of carbonyl (C=O) groups excluding carboxylic acids is 1. The minimum atomic E-state index is -0.0904. The number of carbonyl (C=O) groups is 1. The molecule has 0 radical (unpaired) electrons. The van der Waals surface area contributed by atoms with E-state index in [1.807, 2.05) is 30.3 Å². The van der Waals surface area contributed by atoms with Crippen LogP contribution in [0.4, 0.5) is 0 Å². The summed E-state index contributed by atoms with van der Waals surface area (Å²) in [7, 11) is 0. The Balaban J connectivity index is 2.08. The summed E-state index contributed by atoms with van der Waals surface area (Å²) in [5.74, 6) is -0.0904. The van der Waals surface area contributed by atoms with E-state index in [0.717, 1.165) is 38.0 Å². The van der Waals surface area contributed by atoms with Crippen molar-refractivity contribution in [1.29, 1.82) is 0 Å². The SMILES string of the molecule is CCCN(CC)CCCCC(=O)OCc1ccccc1. The molecule has 1 rings (SSSR count). The van der Waals surface area contributed by atoms with Gasteiger partial charge in [0.2, 0.25) is 0 Å². The lowest BCUT2D eigenvalue weighted by atomic mass is 10.2. The van der Waals surface area contributed by atoms with Crippen LogP contribution in [0.15, 0.2) is 30.3 Å². The van der Waals surface area contributed by atoms with Crippen molar-refractivity contribution in [1.82, 2.24) is 4.90 Å². The molecule has 0 saturated carbocycles. The van der Waals surface area contributed by atoms with Gasteiger partial charge in [-0.05, 0) is 44.5 Å². The summed E-state index contributed by atoms with van der Waals surface area (Å²) >= 11 is 0. The maximum atomic E-state index is 11.6. The van der Waals surface area contributed by atoms with Gasteiger partial charge >= 0.3 is 5.97 Å². The van der Waals surface area contributed by atoms with Gasteiger partial charge in [-0.2, -0.15) is 0 Å². The maximum Gasteiger partial charge on any atom is 0.306 e. The van der Waals surface area contributed by atoms with Crippen LogP contribution in [0.25, 0.3) is 0 Å². The molecule has 0 aromatic heterocycles. The van der Waals surface area contributed by atoms with Crippen molar-refractivity contribution >= 4 is 5.97 Å². The number of nitrogens with zero attached hydrogens (tertiary/aromatic N) is 1. The van der Waals surface area contributed by atoms with Gasteiger partial charge in [-0.3, -0.25) is 4.79 Å². The molecule has 0 spiro atoms. The highest BCUT2D eigenvalue weighted by Crippen LogP contribution is 2.05. The zero-order chi connectivity index (χ0) is 14.6. The number of benzene rings is 1. The second kappa shape index (κ2) is 10.4. The molecule has 0 aliphatic carbocycles. The molecule has 0 N–H and O–H groups in total. The fourth-order valence-electron chi connectivity index (χ4n) is 2.16. The Hall–Kier alpha value is -1.35. The van der Waals surface area contributed by atoms with Crippen LogP contribution in [0.1, 0.15) is 45.1 Å². The van der Waals surface area contributed by atoms with Crippen LogP contribution >= 0.6 is 0 Å². The normalized spacial score (nSPS) is 10.8.